The lowest BCUT2D eigenvalue weighted by Crippen LogP contribution is -2.32. The second kappa shape index (κ2) is 5.94. The van der Waals surface area contributed by atoms with Crippen molar-refractivity contribution >= 4 is 0 Å². The summed E-state index contributed by atoms with van der Waals surface area (Å²) in [5.41, 5.74) is 1.87. The van der Waals surface area contributed by atoms with E-state index in [-0.39, 0.29) is 6.61 Å². The third kappa shape index (κ3) is 3.27. The summed E-state index contributed by atoms with van der Waals surface area (Å²) in [6.07, 6.45) is 5.98. The Morgan fingerprint density at radius 3 is 2.81 bits per heavy atom. The monoisotopic (exact) mass is 222 g/mol. The molecule has 1 fully saturated rings. The van der Waals surface area contributed by atoms with Crippen LogP contribution in [0.5, 0.6) is 0 Å². The number of nitrogens with one attached hydrogen (secondary N) is 1. The molecular formula is C12H18N2O2. The van der Waals surface area contributed by atoms with Crippen molar-refractivity contribution in [2.24, 2.45) is 0 Å². The predicted octanol–water partition coefficient (Wildman–Crippen LogP) is 0.842. The largest absolute Gasteiger partial charge is 0.392 e. The molecule has 1 saturated heterocycles. The number of aromatic nitrogens is 1. The minimum Gasteiger partial charge on any atom is -0.392 e. The van der Waals surface area contributed by atoms with E-state index in [0.29, 0.717) is 12.7 Å². The molecule has 0 bridgehead atoms. The Kier molecular flexibility index (Phi) is 4.27. The van der Waals surface area contributed by atoms with E-state index in [9.17, 15) is 0 Å². The van der Waals surface area contributed by atoms with Crippen molar-refractivity contribution in [2.75, 3.05) is 13.1 Å². The van der Waals surface area contributed by atoms with Gasteiger partial charge in [0.2, 0.25) is 0 Å². The maximum absolute atomic E-state index is 8.99. The Labute approximate surface area is 95.7 Å². The summed E-state index contributed by atoms with van der Waals surface area (Å²) >= 11 is 0. The van der Waals surface area contributed by atoms with E-state index in [1.165, 1.54) is 0 Å². The molecular weight excluding hydrogens is 204 g/mol. The zero-order valence-electron chi connectivity index (χ0n) is 9.35. The van der Waals surface area contributed by atoms with Crippen molar-refractivity contribution in [1.29, 1.82) is 0 Å². The molecule has 0 spiro atoms. The number of aliphatic hydroxyl groups is 1. The zero-order chi connectivity index (χ0) is 11.2. The first kappa shape index (κ1) is 11.5. The lowest BCUT2D eigenvalue weighted by molar-refractivity contribution is 0.0210. The van der Waals surface area contributed by atoms with Gasteiger partial charge in [0, 0.05) is 12.4 Å². The molecule has 0 unspecified atom stereocenters. The molecule has 4 heteroatoms. The van der Waals surface area contributed by atoms with Gasteiger partial charge in [-0.05, 0) is 43.1 Å². The number of piperidine rings is 1. The van der Waals surface area contributed by atoms with Crippen molar-refractivity contribution in [2.45, 2.75) is 32.2 Å². The van der Waals surface area contributed by atoms with Crippen molar-refractivity contribution in [1.82, 2.24) is 10.3 Å². The number of rotatable bonds is 4. The fraction of sp³-hybridized carbons (Fsp3) is 0.583. The van der Waals surface area contributed by atoms with E-state index in [1.54, 1.807) is 12.4 Å². The summed E-state index contributed by atoms with van der Waals surface area (Å²) in [5.74, 6) is 0. The maximum atomic E-state index is 8.99. The van der Waals surface area contributed by atoms with Gasteiger partial charge in [-0.25, -0.2) is 0 Å². The molecule has 0 aliphatic carbocycles. The second-order valence-corrected chi connectivity index (χ2v) is 4.12. The van der Waals surface area contributed by atoms with Crippen LogP contribution in [0, 0.1) is 0 Å². The van der Waals surface area contributed by atoms with E-state index in [1.807, 2.05) is 6.07 Å². The highest BCUT2D eigenvalue weighted by Gasteiger charge is 2.13. The van der Waals surface area contributed by atoms with Gasteiger partial charge in [-0.15, -0.1) is 0 Å². The second-order valence-electron chi connectivity index (χ2n) is 4.12. The molecule has 2 rings (SSSR count). The van der Waals surface area contributed by atoms with Crippen LogP contribution in [0.4, 0.5) is 0 Å². The number of hydrogen-bond acceptors (Lipinski definition) is 4. The van der Waals surface area contributed by atoms with Gasteiger partial charge in [0.05, 0.1) is 19.3 Å². The molecule has 0 saturated carbocycles. The van der Waals surface area contributed by atoms with Gasteiger partial charge < -0.3 is 15.2 Å². The molecule has 0 radical (unpaired) electrons. The van der Waals surface area contributed by atoms with Gasteiger partial charge in [0.25, 0.3) is 0 Å². The molecule has 1 aliphatic heterocycles. The molecule has 4 nitrogen and oxygen atoms in total. The Hall–Kier alpha value is -0.970. The minimum atomic E-state index is 0.0359. The van der Waals surface area contributed by atoms with Crippen LogP contribution in [0.1, 0.15) is 24.0 Å². The molecule has 1 aliphatic rings. The number of ether oxygens (including phenoxy) is 1. The van der Waals surface area contributed by atoms with E-state index < -0.39 is 0 Å². The highest BCUT2D eigenvalue weighted by Crippen LogP contribution is 2.11. The van der Waals surface area contributed by atoms with Gasteiger partial charge in [0.1, 0.15) is 0 Å². The molecule has 1 aromatic heterocycles. The van der Waals surface area contributed by atoms with Crippen molar-refractivity contribution in [3.05, 3.63) is 29.6 Å². The summed E-state index contributed by atoms with van der Waals surface area (Å²) < 4.78 is 5.81. The van der Waals surface area contributed by atoms with Crippen LogP contribution in [0.2, 0.25) is 0 Å². The standard InChI is InChI=1S/C12H18N2O2/c15-8-10-5-11(7-14-6-10)9-16-12-1-3-13-4-2-12/h5-7,12-13,15H,1-4,8-9H2. The van der Waals surface area contributed by atoms with E-state index >= 15 is 0 Å². The Bertz CT molecular complexity index is 325. The summed E-state index contributed by atoms with van der Waals surface area (Å²) in [6.45, 7) is 2.71. The minimum absolute atomic E-state index is 0.0359. The summed E-state index contributed by atoms with van der Waals surface area (Å²) in [5, 5.41) is 12.3. The molecule has 0 amide bonds. The number of pyridine rings is 1. The first-order valence-electron chi connectivity index (χ1n) is 5.74. The van der Waals surface area contributed by atoms with E-state index in [4.69, 9.17) is 9.84 Å². The van der Waals surface area contributed by atoms with Gasteiger partial charge >= 0.3 is 0 Å². The van der Waals surface area contributed by atoms with Crippen LogP contribution >= 0.6 is 0 Å². The van der Waals surface area contributed by atoms with Crippen molar-refractivity contribution in [3.8, 4) is 0 Å². The van der Waals surface area contributed by atoms with Gasteiger partial charge in [-0.1, -0.05) is 0 Å². The van der Waals surface area contributed by atoms with Crippen LogP contribution in [0.15, 0.2) is 18.5 Å². The normalized spacial score (nSPS) is 17.6. The molecule has 16 heavy (non-hydrogen) atoms. The first-order chi connectivity index (χ1) is 7.88. The smallest absolute Gasteiger partial charge is 0.0735 e. The molecule has 2 N–H and O–H groups in total. The summed E-state index contributed by atoms with van der Waals surface area (Å²) in [6, 6.07) is 1.94. The van der Waals surface area contributed by atoms with Gasteiger partial charge in [-0.3, -0.25) is 4.98 Å². The highest BCUT2D eigenvalue weighted by atomic mass is 16.5. The van der Waals surface area contributed by atoms with Gasteiger partial charge in [0.15, 0.2) is 0 Å². The van der Waals surface area contributed by atoms with Crippen LogP contribution in [0.3, 0.4) is 0 Å². The fourth-order valence-corrected chi connectivity index (χ4v) is 1.88. The topological polar surface area (TPSA) is 54.4 Å². The average molecular weight is 222 g/mol. The molecule has 2 heterocycles. The average Bonchev–Trinajstić information content (AvgIpc) is 2.38. The van der Waals surface area contributed by atoms with Crippen LogP contribution in [-0.4, -0.2) is 29.3 Å². The third-order valence-electron chi connectivity index (χ3n) is 2.81. The molecule has 88 valence electrons. The quantitative estimate of drug-likeness (QED) is 0.792. The fourth-order valence-electron chi connectivity index (χ4n) is 1.88. The lowest BCUT2D eigenvalue weighted by atomic mass is 10.1. The van der Waals surface area contributed by atoms with Gasteiger partial charge in [-0.2, -0.15) is 0 Å². The SMILES string of the molecule is OCc1cncc(COC2CCNCC2)c1. The van der Waals surface area contributed by atoms with E-state index in [2.05, 4.69) is 10.3 Å². The molecule has 1 aromatic rings. The number of aliphatic hydroxyl groups excluding tert-OH is 1. The zero-order valence-corrected chi connectivity index (χ0v) is 9.35. The Morgan fingerprint density at radius 2 is 2.06 bits per heavy atom. The Balaban J connectivity index is 1.83. The number of nitrogens with zero attached hydrogens (tertiary/aromatic N) is 1. The first-order valence-corrected chi connectivity index (χ1v) is 5.74. The third-order valence-corrected chi connectivity index (χ3v) is 2.81. The van der Waals surface area contributed by atoms with Crippen LogP contribution < -0.4 is 5.32 Å². The summed E-state index contributed by atoms with van der Waals surface area (Å²) in [4.78, 5) is 4.07. The molecule has 0 atom stereocenters. The number of hydrogen-bond donors (Lipinski definition) is 2. The van der Waals surface area contributed by atoms with Crippen molar-refractivity contribution < 1.29 is 9.84 Å². The van der Waals surface area contributed by atoms with Crippen molar-refractivity contribution in [3.63, 3.8) is 0 Å². The van der Waals surface area contributed by atoms with Crippen LogP contribution in [0.25, 0.3) is 0 Å². The predicted molar refractivity (Wildman–Crippen MR) is 60.8 cm³/mol. The lowest BCUT2D eigenvalue weighted by Gasteiger charge is -2.22. The van der Waals surface area contributed by atoms with E-state index in [0.717, 1.165) is 37.1 Å². The Morgan fingerprint density at radius 1 is 1.31 bits per heavy atom. The van der Waals surface area contributed by atoms with Crippen LogP contribution in [-0.2, 0) is 18.0 Å². The summed E-state index contributed by atoms with van der Waals surface area (Å²) in [7, 11) is 0. The molecule has 0 aromatic carbocycles. The highest BCUT2D eigenvalue weighted by molar-refractivity contribution is 5.16. The maximum Gasteiger partial charge on any atom is 0.0735 e.